The lowest BCUT2D eigenvalue weighted by Gasteiger charge is -2.21. The number of fused-ring (bicyclic) bond motifs is 1. The van der Waals surface area contributed by atoms with Crippen LogP contribution in [0.5, 0.6) is 11.5 Å². The molecule has 0 bridgehead atoms. The highest BCUT2D eigenvalue weighted by Gasteiger charge is 2.24. The van der Waals surface area contributed by atoms with Crippen LogP contribution in [0.4, 0.5) is 0 Å². The summed E-state index contributed by atoms with van der Waals surface area (Å²) in [6.07, 6.45) is 1.97. The zero-order chi connectivity index (χ0) is 11.8. The number of hydrogen-bond donors (Lipinski definition) is 0. The van der Waals surface area contributed by atoms with Crippen molar-refractivity contribution in [3.8, 4) is 11.5 Å². The molecule has 17 heavy (non-hydrogen) atoms. The van der Waals surface area contributed by atoms with Crippen molar-refractivity contribution in [2.75, 3.05) is 13.2 Å². The molecule has 0 saturated carbocycles. The lowest BCUT2D eigenvalue weighted by Crippen LogP contribution is -2.14. The van der Waals surface area contributed by atoms with Crippen LogP contribution in [0.25, 0.3) is 11.0 Å². The van der Waals surface area contributed by atoms with Crippen LogP contribution in [0.1, 0.15) is 12.8 Å². The Balaban J connectivity index is 2.27. The van der Waals surface area contributed by atoms with Crippen molar-refractivity contribution in [1.29, 1.82) is 0 Å². The Morgan fingerprint density at radius 1 is 1.18 bits per heavy atom. The molecule has 0 amide bonds. The summed E-state index contributed by atoms with van der Waals surface area (Å²) in [6.45, 7) is 1.36. The molecule has 0 unspecified atom stereocenters. The third-order valence-corrected chi connectivity index (χ3v) is 3.05. The first-order chi connectivity index (χ1) is 8.27. The number of para-hydroxylation sites is 1. The highest BCUT2D eigenvalue weighted by atomic mass is 16.7. The molecule has 0 radical (unpaired) electrons. The maximum Gasteiger partial charge on any atom is 0.432 e. The van der Waals surface area contributed by atoms with Gasteiger partial charge in [0.15, 0.2) is 13.2 Å². The van der Waals surface area contributed by atoms with E-state index in [2.05, 4.69) is 4.37 Å². The maximum absolute atomic E-state index is 12.2. The van der Waals surface area contributed by atoms with Crippen molar-refractivity contribution in [3.63, 3.8) is 0 Å². The Morgan fingerprint density at radius 2 is 1.88 bits per heavy atom. The minimum Gasteiger partial charge on any atom is -0.866 e. The van der Waals surface area contributed by atoms with Gasteiger partial charge < -0.3 is 13.9 Å². The minimum atomic E-state index is -0.555. The molecule has 1 aliphatic heterocycles. The van der Waals surface area contributed by atoms with E-state index >= 15 is 0 Å². The van der Waals surface area contributed by atoms with Crippen LogP contribution in [0.15, 0.2) is 33.5 Å². The van der Waals surface area contributed by atoms with Gasteiger partial charge in [-0.15, -0.1) is 0 Å². The predicted octanol–water partition coefficient (Wildman–Crippen LogP) is 1.93. The molecule has 0 aliphatic carbocycles. The van der Waals surface area contributed by atoms with E-state index in [0.29, 0.717) is 24.2 Å². The fourth-order valence-corrected chi connectivity index (χ4v) is 2.21. The van der Waals surface area contributed by atoms with Gasteiger partial charge in [0, 0.05) is 24.0 Å². The van der Waals surface area contributed by atoms with Gasteiger partial charge in [-0.2, -0.15) is 0 Å². The van der Waals surface area contributed by atoms with Crippen LogP contribution in [0.3, 0.4) is 0 Å². The molecule has 1 aliphatic rings. The van der Waals surface area contributed by atoms with Crippen molar-refractivity contribution < 1.29 is 13.9 Å². The predicted molar refractivity (Wildman–Crippen MR) is 61.4 cm³/mol. The summed E-state index contributed by atoms with van der Waals surface area (Å²) in [5.41, 5.74) is -0.202. The second-order valence-electron chi connectivity index (χ2n) is 4.15. The van der Waals surface area contributed by atoms with Gasteiger partial charge in [0.25, 0.3) is 0 Å². The molecular formula is C13H12O4. The zero-order valence-corrected chi connectivity index (χ0v) is 9.27. The third kappa shape index (κ3) is 1.56. The van der Waals surface area contributed by atoms with Crippen molar-refractivity contribution >= 4 is 11.0 Å². The number of hydrogen-bond acceptors (Lipinski definition) is 3. The van der Waals surface area contributed by atoms with E-state index in [0.717, 1.165) is 12.8 Å². The first-order valence-electron chi connectivity index (χ1n) is 5.68. The Morgan fingerprint density at radius 3 is 2.65 bits per heavy atom. The standard InChI is InChI=1S/C13H12O4/c14-11-9-5-1-2-6-10(9)16-13(15)12(11)17-7-3-4-8-17/h1-2,5-6H,3-4,7-8H2. The Kier molecular flexibility index (Phi) is 2.28. The Labute approximate surface area is 97.8 Å². The average Bonchev–Trinajstić information content (AvgIpc) is 2.83. The van der Waals surface area contributed by atoms with Crippen LogP contribution < -0.4 is 10.7 Å². The lowest BCUT2D eigenvalue weighted by molar-refractivity contribution is -0.272. The summed E-state index contributed by atoms with van der Waals surface area (Å²) in [5.74, 6) is -0.134. The minimum absolute atomic E-state index is 0.112. The summed E-state index contributed by atoms with van der Waals surface area (Å²) in [4.78, 5) is 11.8. The number of rotatable bonds is 1. The summed E-state index contributed by atoms with van der Waals surface area (Å²) in [5, 5.41) is 12.7. The molecule has 88 valence electrons. The lowest BCUT2D eigenvalue weighted by atomic mass is 10.2. The summed E-state index contributed by atoms with van der Waals surface area (Å²) in [7, 11) is 0. The van der Waals surface area contributed by atoms with Gasteiger partial charge in [0.05, 0.1) is 0 Å². The van der Waals surface area contributed by atoms with Gasteiger partial charge in [-0.1, -0.05) is 18.2 Å². The molecule has 1 fully saturated rings. The molecule has 3 rings (SSSR count). The van der Waals surface area contributed by atoms with Crippen LogP contribution in [-0.4, -0.2) is 13.2 Å². The van der Waals surface area contributed by atoms with Crippen molar-refractivity contribution in [2.24, 2.45) is 0 Å². The van der Waals surface area contributed by atoms with Gasteiger partial charge >= 0.3 is 11.4 Å². The second kappa shape index (κ2) is 3.80. The Bertz CT molecular complexity index is 608. The van der Waals surface area contributed by atoms with Gasteiger partial charge in [0.2, 0.25) is 0 Å². The molecule has 0 spiro atoms. The van der Waals surface area contributed by atoms with Crippen LogP contribution >= 0.6 is 0 Å². The first kappa shape index (κ1) is 10.2. The quantitative estimate of drug-likeness (QED) is 0.557. The van der Waals surface area contributed by atoms with Crippen molar-refractivity contribution in [1.82, 2.24) is 0 Å². The first-order valence-corrected chi connectivity index (χ1v) is 5.68. The Hall–Kier alpha value is -1.97. The summed E-state index contributed by atoms with van der Waals surface area (Å²) < 4.78 is 7.87. The monoisotopic (exact) mass is 232 g/mol. The van der Waals surface area contributed by atoms with E-state index in [1.807, 2.05) is 0 Å². The SMILES string of the molecule is O=c1oc2ccccc2c([O-])c1[O+]1CCCC1. The maximum atomic E-state index is 12.2. The molecule has 4 heteroatoms. The molecule has 1 aromatic heterocycles. The third-order valence-electron chi connectivity index (χ3n) is 3.05. The van der Waals surface area contributed by atoms with E-state index in [1.165, 1.54) is 0 Å². The van der Waals surface area contributed by atoms with Gasteiger partial charge in [-0.25, -0.2) is 4.79 Å². The van der Waals surface area contributed by atoms with Crippen LogP contribution in [0.2, 0.25) is 0 Å². The van der Waals surface area contributed by atoms with E-state index in [-0.39, 0.29) is 11.5 Å². The van der Waals surface area contributed by atoms with Crippen LogP contribution in [-0.2, 0) is 4.37 Å². The smallest absolute Gasteiger partial charge is 0.432 e. The van der Waals surface area contributed by atoms with Crippen molar-refractivity contribution in [2.45, 2.75) is 12.8 Å². The topological polar surface area (TPSA) is 56.0 Å². The van der Waals surface area contributed by atoms with E-state index in [1.54, 1.807) is 24.3 Å². The summed E-state index contributed by atoms with van der Waals surface area (Å²) >= 11 is 0. The zero-order valence-electron chi connectivity index (χ0n) is 9.27. The molecule has 4 nitrogen and oxygen atoms in total. The normalized spacial score (nSPS) is 15.6. The van der Waals surface area contributed by atoms with Gasteiger partial charge in [0.1, 0.15) is 5.58 Å². The van der Waals surface area contributed by atoms with Crippen molar-refractivity contribution in [3.05, 3.63) is 34.7 Å². The van der Waals surface area contributed by atoms with Gasteiger partial charge in [-0.05, 0) is 6.07 Å². The van der Waals surface area contributed by atoms with E-state index in [4.69, 9.17) is 4.42 Å². The molecular weight excluding hydrogens is 220 g/mol. The fourth-order valence-electron chi connectivity index (χ4n) is 2.21. The average molecular weight is 232 g/mol. The largest absolute Gasteiger partial charge is 0.866 e. The molecule has 1 aromatic carbocycles. The molecule has 2 heterocycles. The molecule has 2 aromatic rings. The van der Waals surface area contributed by atoms with E-state index < -0.39 is 5.63 Å². The highest BCUT2D eigenvalue weighted by molar-refractivity contribution is 5.84. The van der Waals surface area contributed by atoms with Gasteiger partial charge in [-0.3, -0.25) is 0 Å². The van der Waals surface area contributed by atoms with Crippen LogP contribution in [0, 0.1) is 0 Å². The second-order valence-corrected chi connectivity index (χ2v) is 4.15. The van der Waals surface area contributed by atoms with E-state index in [9.17, 15) is 9.90 Å². The fraction of sp³-hybridized carbons (Fsp3) is 0.308. The highest BCUT2D eigenvalue weighted by Crippen LogP contribution is 2.36. The summed E-state index contributed by atoms with van der Waals surface area (Å²) in [6, 6.07) is 6.83. The number of benzene rings is 1. The molecule has 0 N–H and O–H groups in total. The molecule has 0 atom stereocenters. The molecule has 1 saturated heterocycles.